The summed E-state index contributed by atoms with van der Waals surface area (Å²) >= 11 is 5.87. The SMILES string of the molecule is CCc1ccc(C2/C(=C(\O)c3ccc(Cl)cc3)C(=O)C(=O)N2CC(=O)O)cc1. The Labute approximate surface area is 166 Å². The average molecular weight is 400 g/mol. The molecule has 1 atom stereocenters. The van der Waals surface area contributed by atoms with Crippen molar-refractivity contribution in [2.75, 3.05) is 6.54 Å². The number of amides is 1. The van der Waals surface area contributed by atoms with Crippen molar-refractivity contribution in [2.24, 2.45) is 0 Å². The van der Waals surface area contributed by atoms with Crippen molar-refractivity contribution < 1.29 is 24.6 Å². The van der Waals surface area contributed by atoms with Crippen LogP contribution in [0.4, 0.5) is 0 Å². The molecular formula is C21H18ClNO5. The van der Waals surface area contributed by atoms with E-state index in [1.807, 2.05) is 19.1 Å². The molecule has 2 aromatic carbocycles. The maximum atomic E-state index is 12.7. The van der Waals surface area contributed by atoms with Crippen LogP contribution in [0.3, 0.4) is 0 Å². The van der Waals surface area contributed by atoms with Gasteiger partial charge in [-0.25, -0.2) is 0 Å². The summed E-state index contributed by atoms with van der Waals surface area (Å²) < 4.78 is 0. The van der Waals surface area contributed by atoms with Crippen LogP contribution in [0.15, 0.2) is 54.1 Å². The van der Waals surface area contributed by atoms with Crippen LogP contribution >= 0.6 is 11.6 Å². The van der Waals surface area contributed by atoms with E-state index in [2.05, 4.69) is 0 Å². The summed E-state index contributed by atoms with van der Waals surface area (Å²) in [6.45, 7) is 1.34. The summed E-state index contributed by atoms with van der Waals surface area (Å²) in [6, 6.07) is 12.3. The van der Waals surface area contributed by atoms with E-state index in [4.69, 9.17) is 11.6 Å². The molecule has 1 aliphatic heterocycles. The van der Waals surface area contributed by atoms with Crippen molar-refractivity contribution in [2.45, 2.75) is 19.4 Å². The number of benzene rings is 2. The normalized spacial score (nSPS) is 18.5. The number of aryl methyl sites for hydroxylation is 1. The van der Waals surface area contributed by atoms with E-state index in [0.29, 0.717) is 16.1 Å². The minimum Gasteiger partial charge on any atom is -0.507 e. The zero-order valence-corrected chi connectivity index (χ0v) is 15.8. The van der Waals surface area contributed by atoms with Crippen molar-refractivity contribution in [3.8, 4) is 0 Å². The van der Waals surface area contributed by atoms with E-state index >= 15 is 0 Å². The quantitative estimate of drug-likeness (QED) is 0.456. The van der Waals surface area contributed by atoms with E-state index in [1.54, 1.807) is 24.3 Å². The molecule has 2 aromatic rings. The van der Waals surface area contributed by atoms with Crippen LogP contribution in [-0.4, -0.2) is 39.3 Å². The number of likely N-dealkylation sites (tertiary alicyclic amines) is 1. The fourth-order valence-electron chi connectivity index (χ4n) is 3.23. The van der Waals surface area contributed by atoms with Crippen molar-refractivity contribution >= 4 is 35.0 Å². The number of hydrogen-bond acceptors (Lipinski definition) is 4. The Hall–Kier alpha value is -3.12. The van der Waals surface area contributed by atoms with Crippen LogP contribution in [0.2, 0.25) is 5.02 Å². The second kappa shape index (κ2) is 7.86. The van der Waals surface area contributed by atoms with Crippen molar-refractivity contribution in [3.63, 3.8) is 0 Å². The molecule has 2 N–H and O–H groups in total. The number of hydrogen-bond donors (Lipinski definition) is 2. The second-order valence-corrected chi connectivity index (χ2v) is 6.86. The zero-order chi connectivity index (χ0) is 20.4. The van der Waals surface area contributed by atoms with Crippen LogP contribution < -0.4 is 0 Å². The minimum atomic E-state index is -1.25. The molecule has 3 rings (SSSR count). The van der Waals surface area contributed by atoms with E-state index in [-0.39, 0.29) is 11.3 Å². The van der Waals surface area contributed by atoms with Gasteiger partial charge in [-0.05, 0) is 41.8 Å². The number of ketones is 1. The number of aliphatic hydroxyl groups excluding tert-OH is 1. The maximum Gasteiger partial charge on any atom is 0.323 e. The van der Waals surface area contributed by atoms with Gasteiger partial charge in [0, 0.05) is 10.6 Å². The van der Waals surface area contributed by atoms with Crippen molar-refractivity contribution in [1.29, 1.82) is 0 Å². The van der Waals surface area contributed by atoms with Gasteiger partial charge in [0.15, 0.2) is 0 Å². The molecule has 1 heterocycles. The molecule has 0 spiro atoms. The van der Waals surface area contributed by atoms with E-state index in [0.717, 1.165) is 16.9 Å². The molecule has 1 saturated heterocycles. The molecule has 7 heteroatoms. The molecule has 0 bridgehead atoms. The van der Waals surface area contributed by atoms with Gasteiger partial charge in [0.1, 0.15) is 12.3 Å². The molecule has 6 nitrogen and oxygen atoms in total. The first-order valence-electron chi connectivity index (χ1n) is 8.68. The highest BCUT2D eigenvalue weighted by atomic mass is 35.5. The van der Waals surface area contributed by atoms with Gasteiger partial charge in [-0.1, -0.05) is 42.8 Å². The highest BCUT2D eigenvalue weighted by Gasteiger charge is 2.46. The third kappa shape index (κ3) is 3.64. The third-order valence-corrected chi connectivity index (χ3v) is 4.92. The minimum absolute atomic E-state index is 0.141. The lowest BCUT2D eigenvalue weighted by Crippen LogP contribution is -2.34. The molecule has 1 unspecified atom stereocenters. The lowest BCUT2D eigenvalue weighted by Gasteiger charge is -2.23. The van der Waals surface area contributed by atoms with Gasteiger partial charge in [-0.15, -0.1) is 0 Å². The third-order valence-electron chi connectivity index (χ3n) is 4.67. The Morgan fingerprint density at radius 3 is 2.18 bits per heavy atom. The number of carboxylic acids is 1. The molecule has 1 aliphatic rings. The van der Waals surface area contributed by atoms with Gasteiger partial charge < -0.3 is 15.1 Å². The molecule has 1 amide bonds. The van der Waals surface area contributed by atoms with Crippen LogP contribution in [0.25, 0.3) is 5.76 Å². The van der Waals surface area contributed by atoms with Gasteiger partial charge in [0.05, 0.1) is 11.6 Å². The maximum absolute atomic E-state index is 12.7. The fraction of sp³-hybridized carbons (Fsp3) is 0.190. The van der Waals surface area contributed by atoms with Crippen LogP contribution in [0.5, 0.6) is 0 Å². The lowest BCUT2D eigenvalue weighted by atomic mass is 9.94. The molecule has 0 radical (unpaired) electrons. The standard InChI is InChI=1S/C21H18ClNO5/c1-2-12-3-5-13(6-4-12)18-17(19(26)14-7-9-15(22)10-8-14)20(27)21(28)23(18)11-16(24)25/h3-10,18,26H,2,11H2,1H3,(H,24,25)/b19-17+. The van der Waals surface area contributed by atoms with E-state index < -0.39 is 30.2 Å². The number of halogens is 1. The van der Waals surface area contributed by atoms with Gasteiger partial charge in [0.25, 0.3) is 11.7 Å². The smallest absolute Gasteiger partial charge is 0.323 e. The number of Topliss-reactive ketones (excluding diaryl/α,β-unsaturated/α-hetero) is 1. The number of aliphatic hydroxyl groups is 1. The number of carbonyl (C=O) groups excluding carboxylic acids is 2. The second-order valence-electron chi connectivity index (χ2n) is 6.42. The predicted octanol–water partition coefficient (Wildman–Crippen LogP) is 3.41. The predicted molar refractivity (Wildman–Crippen MR) is 104 cm³/mol. The Morgan fingerprint density at radius 1 is 1.04 bits per heavy atom. The van der Waals surface area contributed by atoms with Crippen LogP contribution in [0.1, 0.15) is 29.7 Å². The number of carboxylic acid groups (broad SMARTS) is 1. The Morgan fingerprint density at radius 2 is 1.64 bits per heavy atom. The summed E-state index contributed by atoms with van der Waals surface area (Å²) in [5.74, 6) is -3.49. The monoisotopic (exact) mass is 399 g/mol. The van der Waals surface area contributed by atoms with Crippen molar-refractivity contribution in [3.05, 3.63) is 75.8 Å². The zero-order valence-electron chi connectivity index (χ0n) is 15.1. The largest absolute Gasteiger partial charge is 0.507 e. The Bertz CT molecular complexity index is 963. The highest BCUT2D eigenvalue weighted by Crippen LogP contribution is 2.39. The molecule has 0 aliphatic carbocycles. The van der Waals surface area contributed by atoms with E-state index in [9.17, 15) is 24.6 Å². The highest BCUT2D eigenvalue weighted by molar-refractivity contribution is 6.46. The first-order chi connectivity index (χ1) is 13.3. The first-order valence-corrected chi connectivity index (χ1v) is 9.06. The molecular weight excluding hydrogens is 382 g/mol. The summed E-state index contributed by atoms with van der Waals surface area (Å²) in [5.41, 5.74) is 1.77. The number of aliphatic carboxylic acids is 1. The summed E-state index contributed by atoms with van der Waals surface area (Å²) in [6.07, 6.45) is 0.806. The number of nitrogens with zero attached hydrogens (tertiary/aromatic N) is 1. The molecule has 0 saturated carbocycles. The Balaban J connectivity index is 2.17. The first kappa shape index (κ1) is 19.6. The van der Waals surface area contributed by atoms with Crippen molar-refractivity contribution in [1.82, 2.24) is 4.90 Å². The molecule has 0 aromatic heterocycles. The summed E-state index contributed by atoms with van der Waals surface area (Å²) in [7, 11) is 0. The number of carbonyl (C=O) groups is 3. The van der Waals surface area contributed by atoms with Gasteiger partial charge in [-0.3, -0.25) is 14.4 Å². The number of rotatable bonds is 5. The summed E-state index contributed by atoms with van der Waals surface area (Å²) in [4.78, 5) is 37.4. The van der Waals surface area contributed by atoms with E-state index in [1.165, 1.54) is 12.1 Å². The fourth-order valence-corrected chi connectivity index (χ4v) is 3.36. The summed E-state index contributed by atoms with van der Waals surface area (Å²) in [5, 5.41) is 20.4. The van der Waals surface area contributed by atoms with Gasteiger partial charge in [-0.2, -0.15) is 0 Å². The molecule has 1 fully saturated rings. The molecule has 28 heavy (non-hydrogen) atoms. The molecule has 144 valence electrons. The van der Waals surface area contributed by atoms with Crippen LogP contribution in [-0.2, 0) is 20.8 Å². The topological polar surface area (TPSA) is 94.9 Å². The lowest BCUT2D eigenvalue weighted by molar-refractivity contribution is -0.146. The average Bonchev–Trinajstić information content (AvgIpc) is 2.92. The van der Waals surface area contributed by atoms with Gasteiger partial charge in [0.2, 0.25) is 0 Å². The Kier molecular flexibility index (Phi) is 5.51. The van der Waals surface area contributed by atoms with Crippen LogP contribution in [0, 0.1) is 0 Å². The van der Waals surface area contributed by atoms with Gasteiger partial charge >= 0.3 is 5.97 Å².